The zero-order chi connectivity index (χ0) is 12.3. The van der Waals surface area contributed by atoms with Gasteiger partial charge in [0.05, 0.1) is 18.7 Å². The zero-order valence-electron chi connectivity index (χ0n) is 8.14. The summed E-state index contributed by atoms with van der Waals surface area (Å²) >= 11 is 5.35. The molecule has 0 fully saturated rings. The highest BCUT2D eigenvalue weighted by atomic mass is 35.5. The van der Waals surface area contributed by atoms with Crippen molar-refractivity contribution in [1.29, 1.82) is 0 Å². The van der Waals surface area contributed by atoms with E-state index in [4.69, 9.17) is 11.6 Å². The van der Waals surface area contributed by atoms with Gasteiger partial charge in [0, 0.05) is 0 Å². The maximum absolute atomic E-state index is 13.4. The van der Waals surface area contributed by atoms with Crippen LogP contribution in [0.3, 0.4) is 0 Å². The molecule has 3 nitrogen and oxygen atoms in total. The Balaban J connectivity index is 3.39. The van der Waals surface area contributed by atoms with Gasteiger partial charge < -0.3 is 4.74 Å². The number of hydrogen-bond donors (Lipinski definition) is 0. The number of ether oxygens (including phenoxy) is 1. The van der Waals surface area contributed by atoms with Crippen LogP contribution in [0.2, 0.25) is 0 Å². The molecular formula is C9H7ClF3NO2. The fourth-order valence-corrected chi connectivity index (χ4v) is 1.25. The Morgan fingerprint density at radius 3 is 2.69 bits per heavy atom. The zero-order valence-corrected chi connectivity index (χ0v) is 8.89. The van der Waals surface area contributed by atoms with E-state index in [2.05, 4.69) is 9.72 Å². The first-order valence-electron chi connectivity index (χ1n) is 4.13. The van der Waals surface area contributed by atoms with Crippen LogP contribution >= 0.6 is 11.6 Å². The van der Waals surface area contributed by atoms with Gasteiger partial charge in [-0.15, -0.1) is 11.6 Å². The van der Waals surface area contributed by atoms with E-state index in [1.807, 2.05) is 0 Å². The molecule has 0 aliphatic carbocycles. The minimum atomic E-state index is -3.08. The van der Waals surface area contributed by atoms with Crippen LogP contribution in [0.1, 0.15) is 28.2 Å². The summed E-state index contributed by atoms with van der Waals surface area (Å²) in [6.45, 7) is 0. The second kappa shape index (κ2) is 5.16. The third kappa shape index (κ3) is 2.44. The second-order valence-corrected chi connectivity index (χ2v) is 3.05. The highest BCUT2D eigenvalue weighted by Crippen LogP contribution is 2.24. The van der Waals surface area contributed by atoms with Crippen molar-refractivity contribution in [3.05, 3.63) is 28.8 Å². The summed E-state index contributed by atoms with van der Waals surface area (Å²) in [4.78, 5) is 14.5. The number of aromatic nitrogens is 1. The summed E-state index contributed by atoms with van der Waals surface area (Å²) < 4.78 is 42.6. The number of nitrogens with zero attached hydrogens (tertiary/aromatic N) is 1. The van der Waals surface area contributed by atoms with Crippen molar-refractivity contribution in [3.8, 4) is 0 Å². The lowest BCUT2D eigenvalue weighted by molar-refractivity contribution is 0.0580. The standard InChI is InChI=1S/C9H7ClF3NO2/c1-16-9(15)6-5(11)2-4(3-10)14-7(6)8(12)13/h2,8H,3H2,1H3. The van der Waals surface area contributed by atoms with Crippen molar-refractivity contribution < 1.29 is 22.7 Å². The van der Waals surface area contributed by atoms with Gasteiger partial charge >= 0.3 is 5.97 Å². The summed E-state index contributed by atoms with van der Waals surface area (Å²) in [6.07, 6.45) is -3.08. The summed E-state index contributed by atoms with van der Waals surface area (Å²) in [5, 5.41) is 0. The minimum Gasteiger partial charge on any atom is -0.465 e. The van der Waals surface area contributed by atoms with Crippen molar-refractivity contribution in [3.63, 3.8) is 0 Å². The van der Waals surface area contributed by atoms with Crippen molar-refractivity contribution in [2.24, 2.45) is 0 Å². The minimum absolute atomic E-state index is 0.0675. The lowest BCUT2D eigenvalue weighted by atomic mass is 10.1. The van der Waals surface area contributed by atoms with Gasteiger partial charge in [-0.3, -0.25) is 0 Å². The quantitative estimate of drug-likeness (QED) is 0.614. The summed E-state index contributed by atoms with van der Waals surface area (Å²) in [7, 11) is 0.965. The average molecular weight is 254 g/mol. The highest BCUT2D eigenvalue weighted by Gasteiger charge is 2.25. The van der Waals surface area contributed by atoms with Gasteiger partial charge in [0.25, 0.3) is 6.43 Å². The molecule has 1 rings (SSSR count). The summed E-state index contributed by atoms with van der Waals surface area (Å²) in [6, 6.07) is 0.825. The number of rotatable bonds is 3. The first-order valence-corrected chi connectivity index (χ1v) is 4.66. The van der Waals surface area contributed by atoms with Gasteiger partial charge in [-0.1, -0.05) is 0 Å². The average Bonchev–Trinajstić information content (AvgIpc) is 2.26. The van der Waals surface area contributed by atoms with Crippen LogP contribution in [0.5, 0.6) is 0 Å². The summed E-state index contributed by atoms with van der Waals surface area (Å²) in [5.41, 5.74) is -1.88. The molecule has 0 N–H and O–H groups in total. The molecule has 1 aromatic heterocycles. The van der Waals surface area contributed by atoms with Crippen LogP contribution in [-0.4, -0.2) is 18.1 Å². The van der Waals surface area contributed by atoms with Crippen molar-refractivity contribution in [2.75, 3.05) is 7.11 Å². The van der Waals surface area contributed by atoms with E-state index in [0.29, 0.717) is 0 Å². The molecule has 88 valence electrons. The largest absolute Gasteiger partial charge is 0.465 e. The van der Waals surface area contributed by atoms with E-state index in [0.717, 1.165) is 13.2 Å². The van der Waals surface area contributed by atoms with E-state index >= 15 is 0 Å². The van der Waals surface area contributed by atoms with E-state index in [9.17, 15) is 18.0 Å². The lowest BCUT2D eigenvalue weighted by Gasteiger charge is -2.08. The highest BCUT2D eigenvalue weighted by molar-refractivity contribution is 6.16. The van der Waals surface area contributed by atoms with Crippen molar-refractivity contribution in [1.82, 2.24) is 4.98 Å². The van der Waals surface area contributed by atoms with Gasteiger partial charge in [0.15, 0.2) is 0 Å². The normalized spacial score (nSPS) is 10.6. The molecule has 16 heavy (non-hydrogen) atoms. The predicted octanol–water partition coefficient (Wildman–Crippen LogP) is 2.68. The van der Waals surface area contributed by atoms with Gasteiger partial charge in [-0.05, 0) is 6.07 Å². The fourth-order valence-electron chi connectivity index (χ4n) is 1.11. The maximum atomic E-state index is 13.4. The number of esters is 1. The van der Waals surface area contributed by atoms with E-state index in [-0.39, 0.29) is 11.6 Å². The number of carbonyl (C=O) groups is 1. The number of halogens is 4. The topological polar surface area (TPSA) is 39.2 Å². The predicted molar refractivity (Wildman–Crippen MR) is 50.0 cm³/mol. The van der Waals surface area contributed by atoms with E-state index < -0.39 is 29.5 Å². The Bertz CT molecular complexity index is 412. The molecule has 0 atom stereocenters. The van der Waals surface area contributed by atoms with Crippen molar-refractivity contribution >= 4 is 17.6 Å². The Morgan fingerprint density at radius 1 is 1.62 bits per heavy atom. The van der Waals surface area contributed by atoms with E-state index in [1.165, 1.54) is 0 Å². The molecule has 0 saturated carbocycles. The van der Waals surface area contributed by atoms with Gasteiger partial charge in [-0.25, -0.2) is 22.9 Å². The molecule has 0 saturated heterocycles. The first kappa shape index (κ1) is 12.8. The van der Waals surface area contributed by atoms with Crippen LogP contribution in [0.4, 0.5) is 13.2 Å². The first-order chi connectivity index (χ1) is 7.51. The molecule has 0 aliphatic rings. The monoisotopic (exact) mass is 253 g/mol. The van der Waals surface area contributed by atoms with Gasteiger partial charge in [0.1, 0.15) is 17.1 Å². The number of hydrogen-bond acceptors (Lipinski definition) is 3. The molecule has 0 bridgehead atoms. The van der Waals surface area contributed by atoms with Gasteiger partial charge in [-0.2, -0.15) is 0 Å². The third-order valence-electron chi connectivity index (χ3n) is 1.79. The Morgan fingerprint density at radius 2 is 2.25 bits per heavy atom. The lowest BCUT2D eigenvalue weighted by Crippen LogP contribution is -2.12. The van der Waals surface area contributed by atoms with E-state index in [1.54, 1.807) is 0 Å². The molecule has 0 radical (unpaired) electrons. The molecule has 7 heteroatoms. The molecule has 1 heterocycles. The van der Waals surface area contributed by atoms with Crippen LogP contribution in [0.15, 0.2) is 6.07 Å². The Labute approximate surface area is 94.2 Å². The Hall–Kier alpha value is -1.30. The fraction of sp³-hybridized carbons (Fsp3) is 0.333. The smallest absolute Gasteiger partial charge is 0.342 e. The van der Waals surface area contributed by atoms with Crippen LogP contribution in [0.25, 0.3) is 0 Å². The molecule has 1 aromatic rings. The molecule has 0 amide bonds. The molecule has 0 aromatic carbocycles. The Kier molecular flexibility index (Phi) is 4.12. The molecule has 0 unspecified atom stereocenters. The SMILES string of the molecule is COC(=O)c1c(F)cc(CCl)nc1C(F)F. The van der Waals surface area contributed by atoms with Crippen LogP contribution in [0, 0.1) is 5.82 Å². The van der Waals surface area contributed by atoms with Crippen LogP contribution in [-0.2, 0) is 10.6 Å². The van der Waals surface area contributed by atoms with Crippen LogP contribution < -0.4 is 0 Å². The molecular weight excluding hydrogens is 247 g/mol. The summed E-state index contributed by atoms with van der Waals surface area (Å²) in [5.74, 6) is -2.54. The van der Waals surface area contributed by atoms with Crippen molar-refractivity contribution in [2.45, 2.75) is 12.3 Å². The number of methoxy groups -OCH3 is 1. The second-order valence-electron chi connectivity index (χ2n) is 2.78. The maximum Gasteiger partial charge on any atom is 0.342 e. The number of alkyl halides is 3. The third-order valence-corrected chi connectivity index (χ3v) is 2.06. The number of carbonyl (C=O) groups excluding carboxylic acids is 1. The number of pyridine rings is 1. The van der Waals surface area contributed by atoms with Gasteiger partial charge in [0.2, 0.25) is 0 Å². The molecule has 0 spiro atoms. The molecule has 0 aliphatic heterocycles.